The number of rotatable bonds is 5. The minimum Gasteiger partial charge on any atom is -0.321 e. The van der Waals surface area contributed by atoms with Crippen LogP contribution in [0.2, 0.25) is 0 Å². The van der Waals surface area contributed by atoms with Gasteiger partial charge >= 0.3 is 7.60 Å². The van der Waals surface area contributed by atoms with Crippen molar-refractivity contribution in [2.24, 2.45) is 0 Å². The number of hydrogen-bond acceptors (Lipinski definition) is 2. The second-order valence-corrected chi connectivity index (χ2v) is 6.20. The van der Waals surface area contributed by atoms with Crippen molar-refractivity contribution in [3.8, 4) is 0 Å². The van der Waals surface area contributed by atoms with Gasteiger partial charge in [0.2, 0.25) is 0 Å². The molecule has 0 radical (unpaired) electrons. The van der Waals surface area contributed by atoms with Gasteiger partial charge in [-0.1, -0.05) is 31.5 Å². The summed E-state index contributed by atoms with van der Waals surface area (Å²) < 4.78 is 17.4. The highest BCUT2D eigenvalue weighted by Gasteiger charge is 2.31. The summed E-state index contributed by atoms with van der Waals surface area (Å²) in [5, 5.41) is 0.346. The molecule has 4 heteroatoms. The molecule has 0 saturated heterocycles. The molecule has 3 nitrogen and oxygen atoms in total. The van der Waals surface area contributed by atoms with Crippen molar-refractivity contribution in [3.05, 3.63) is 30.3 Å². The van der Waals surface area contributed by atoms with Gasteiger partial charge in [0.1, 0.15) is 0 Å². The maximum absolute atomic E-state index is 12.0. The Hall–Kier alpha value is -0.630. The lowest BCUT2D eigenvalue weighted by molar-refractivity contribution is 0.0871. The molecule has 1 atom stereocenters. The molecular formula is C12H19O3P. The Morgan fingerprint density at radius 1 is 1.31 bits per heavy atom. The van der Waals surface area contributed by atoms with Gasteiger partial charge in [0.25, 0.3) is 0 Å². The first-order chi connectivity index (χ1) is 7.37. The van der Waals surface area contributed by atoms with E-state index in [0.717, 1.165) is 12.8 Å². The molecule has 0 spiro atoms. The van der Waals surface area contributed by atoms with E-state index in [-0.39, 0.29) is 0 Å². The van der Waals surface area contributed by atoms with Crippen molar-refractivity contribution in [1.29, 1.82) is 0 Å². The molecule has 16 heavy (non-hydrogen) atoms. The van der Waals surface area contributed by atoms with E-state index in [9.17, 15) is 9.46 Å². The summed E-state index contributed by atoms with van der Waals surface area (Å²) in [6.45, 7) is 5.69. The average molecular weight is 242 g/mol. The lowest BCUT2D eigenvalue weighted by Crippen LogP contribution is -2.25. The van der Waals surface area contributed by atoms with Gasteiger partial charge in [-0.15, -0.1) is 0 Å². The molecule has 1 aromatic carbocycles. The third-order valence-corrected chi connectivity index (χ3v) is 4.00. The summed E-state index contributed by atoms with van der Waals surface area (Å²) in [6, 6.07) is 8.50. The van der Waals surface area contributed by atoms with E-state index in [1.165, 1.54) is 0 Å². The molecule has 0 aromatic heterocycles. The lowest BCUT2D eigenvalue weighted by atomic mass is 10.0. The Balaban J connectivity index is 2.84. The fourth-order valence-corrected chi connectivity index (χ4v) is 3.07. The van der Waals surface area contributed by atoms with Crippen LogP contribution in [0.3, 0.4) is 0 Å². The lowest BCUT2D eigenvalue weighted by Gasteiger charge is -2.27. The summed E-state index contributed by atoms with van der Waals surface area (Å²) in [5.41, 5.74) is -0.575. The van der Waals surface area contributed by atoms with Crippen molar-refractivity contribution >= 4 is 12.9 Å². The Labute approximate surface area is 97.0 Å². The third-order valence-electron chi connectivity index (χ3n) is 2.31. The van der Waals surface area contributed by atoms with E-state index in [1.54, 1.807) is 30.3 Å². The molecule has 0 amide bonds. The van der Waals surface area contributed by atoms with E-state index in [2.05, 4.69) is 0 Å². The molecule has 1 unspecified atom stereocenters. The second kappa shape index (κ2) is 5.13. The third kappa shape index (κ3) is 3.75. The predicted octanol–water partition coefficient (Wildman–Crippen LogP) is 3.09. The van der Waals surface area contributed by atoms with Crippen molar-refractivity contribution in [2.45, 2.75) is 39.2 Å². The van der Waals surface area contributed by atoms with Crippen molar-refractivity contribution in [3.63, 3.8) is 0 Å². The smallest absolute Gasteiger partial charge is 0.321 e. The quantitative estimate of drug-likeness (QED) is 0.807. The highest BCUT2D eigenvalue weighted by molar-refractivity contribution is 7.61. The molecule has 0 aliphatic carbocycles. The van der Waals surface area contributed by atoms with Gasteiger partial charge in [0.05, 0.1) is 10.9 Å². The van der Waals surface area contributed by atoms with Crippen molar-refractivity contribution in [1.82, 2.24) is 0 Å². The van der Waals surface area contributed by atoms with Gasteiger partial charge in [-0.2, -0.15) is 0 Å². The van der Waals surface area contributed by atoms with Crippen molar-refractivity contribution in [2.75, 3.05) is 0 Å². The predicted molar refractivity (Wildman–Crippen MR) is 66.0 cm³/mol. The Bertz CT molecular complexity index is 373. The molecule has 0 bridgehead atoms. The first-order valence-corrected chi connectivity index (χ1v) is 7.04. The first kappa shape index (κ1) is 13.4. The van der Waals surface area contributed by atoms with E-state index < -0.39 is 13.2 Å². The van der Waals surface area contributed by atoms with E-state index in [0.29, 0.717) is 5.30 Å². The van der Waals surface area contributed by atoms with Gasteiger partial charge in [-0.05, 0) is 32.4 Å². The van der Waals surface area contributed by atoms with Gasteiger partial charge in [0, 0.05) is 0 Å². The molecule has 0 aliphatic rings. The van der Waals surface area contributed by atoms with Crippen LogP contribution in [0, 0.1) is 0 Å². The van der Waals surface area contributed by atoms with Crippen LogP contribution in [-0.4, -0.2) is 10.5 Å². The summed E-state index contributed by atoms with van der Waals surface area (Å²) in [7, 11) is -3.70. The zero-order valence-corrected chi connectivity index (χ0v) is 10.9. The minimum absolute atomic E-state index is 0.346. The zero-order chi connectivity index (χ0) is 12.2. The standard InChI is InChI=1S/C12H19O3P/c1-4-10-12(2,3)15-16(13,14)11-8-6-5-7-9-11/h5-9H,4,10H2,1-3H3,(H,13,14). The van der Waals surface area contributed by atoms with Gasteiger partial charge in [0.15, 0.2) is 0 Å². The molecule has 0 saturated carbocycles. The highest BCUT2D eigenvalue weighted by atomic mass is 31.2. The van der Waals surface area contributed by atoms with Crippen molar-refractivity contribution < 1.29 is 14.0 Å². The van der Waals surface area contributed by atoms with E-state index in [1.807, 2.05) is 20.8 Å². The topological polar surface area (TPSA) is 46.5 Å². The van der Waals surface area contributed by atoms with Crippen LogP contribution in [-0.2, 0) is 9.09 Å². The maximum Gasteiger partial charge on any atom is 0.359 e. The summed E-state index contributed by atoms with van der Waals surface area (Å²) in [4.78, 5) is 9.88. The fraction of sp³-hybridized carbons (Fsp3) is 0.500. The zero-order valence-electron chi connectivity index (χ0n) is 10.0. The highest BCUT2D eigenvalue weighted by Crippen LogP contribution is 2.45. The monoisotopic (exact) mass is 242 g/mol. The largest absolute Gasteiger partial charge is 0.359 e. The summed E-state index contributed by atoms with van der Waals surface area (Å²) in [5.74, 6) is 0. The van der Waals surface area contributed by atoms with Gasteiger partial charge in [-0.25, -0.2) is 0 Å². The second-order valence-electron chi connectivity index (χ2n) is 4.46. The number of benzene rings is 1. The first-order valence-electron chi connectivity index (χ1n) is 5.46. The molecule has 1 aromatic rings. The number of hydrogen-bond donors (Lipinski definition) is 1. The molecule has 1 rings (SSSR count). The Morgan fingerprint density at radius 2 is 1.88 bits per heavy atom. The molecule has 1 N–H and O–H groups in total. The van der Waals surface area contributed by atoms with Crippen LogP contribution in [0.25, 0.3) is 0 Å². The SMILES string of the molecule is CCCC(C)(C)OP(=O)(O)c1ccccc1. The molecule has 90 valence electrons. The van der Waals surface area contributed by atoms with Gasteiger partial charge in [-0.3, -0.25) is 9.09 Å². The normalized spacial score (nSPS) is 15.8. The molecule has 0 aliphatic heterocycles. The molecular weight excluding hydrogens is 223 g/mol. The van der Waals surface area contributed by atoms with Crippen LogP contribution >= 0.6 is 7.60 Å². The van der Waals surface area contributed by atoms with Gasteiger partial charge < -0.3 is 4.89 Å². The molecule has 0 heterocycles. The summed E-state index contributed by atoms with van der Waals surface area (Å²) >= 11 is 0. The Morgan fingerprint density at radius 3 is 2.38 bits per heavy atom. The van der Waals surface area contributed by atoms with Crippen LogP contribution in [0.15, 0.2) is 30.3 Å². The maximum atomic E-state index is 12.0. The minimum atomic E-state index is -3.70. The fourth-order valence-electron chi connectivity index (χ4n) is 1.65. The van der Waals surface area contributed by atoms with Crippen LogP contribution in [0.5, 0.6) is 0 Å². The van der Waals surface area contributed by atoms with E-state index in [4.69, 9.17) is 4.52 Å². The molecule has 0 fully saturated rings. The Kier molecular flexibility index (Phi) is 4.31. The van der Waals surface area contributed by atoms with Crippen LogP contribution < -0.4 is 5.30 Å². The average Bonchev–Trinajstić information content (AvgIpc) is 2.17. The van der Waals surface area contributed by atoms with E-state index >= 15 is 0 Å². The van der Waals surface area contributed by atoms with Crippen LogP contribution in [0.1, 0.15) is 33.6 Å². The van der Waals surface area contributed by atoms with Crippen LogP contribution in [0.4, 0.5) is 0 Å². The summed E-state index contributed by atoms with van der Waals surface area (Å²) in [6.07, 6.45) is 1.67.